The number of pyridine rings is 1. The van der Waals surface area contributed by atoms with E-state index in [1.807, 2.05) is 0 Å². The van der Waals surface area contributed by atoms with E-state index in [1.54, 1.807) is 6.07 Å². The minimum atomic E-state index is -4.86. The number of ether oxygens (including phenoxy) is 1. The summed E-state index contributed by atoms with van der Waals surface area (Å²) in [6.45, 7) is 0. The van der Waals surface area contributed by atoms with Gasteiger partial charge in [0.25, 0.3) is 6.43 Å². The number of nitrogens with zero attached hydrogens (tertiary/aromatic N) is 2. The average Bonchev–Trinajstić information content (AvgIpc) is 2.27. The highest BCUT2D eigenvalue weighted by Crippen LogP contribution is 2.40. The van der Waals surface area contributed by atoms with Crippen LogP contribution in [0.15, 0.2) is 6.07 Å². The maximum Gasteiger partial charge on any atom is 0.420 e. The molecule has 98 valence electrons. The number of alkyl halides is 5. The van der Waals surface area contributed by atoms with Crippen LogP contribution in [0.25, 0.3) is 0 Å². The summed E-state index contributed by atoms with van der Waals surface area (Å²) in [4.78, 5) is 3.31. The van der Waals surface area contributed by atoms with Gasteiger partial charge in [-0.15, -0.1) is 0 Å². The van der Waals surface area contributed by atoms with Gasteiger partial charge >= 0.3 is 6.18 Å². The Morgan fingerprint density at radius 2 is 2.06 bits per heavy atom. The van der Waals surface area contributed by atoms with Crippen molar-refractivity contribution >= 4 is 0 Å². The maximum absolute atomic E-state index is 12.7. The van der Waals surface area contributed by atoms with Gasteiger partial charge in [-0.2, -0.15) is 18.4 Å². The predicted molar refractivity (Wildman–Crippen MR) is 50.1 cm³/mol. The number of nitriles is 1. The summed E-state index contributed by atoms with van der Waals surface area (Å²) in [7, 11) is 0.849. The van der Waals surface area contributed by atoms with Crippen molar-refractivity contribution in [1.82, 2.24) is 4.98 Å². The molecule has 0 atom stereocenters. The van der Waals surface area contributed by atoms with Gasteiger partial charge in [0.05, 0.1) is 25.3 Å². The molecule has 0 fully saturated rings. The fourth-order valence-electron chi connectivity index (χ4n) is 1.35. The Labute approximate surface area is 98.8 Å². The van der Waals surface area contributed by atoms with E-state index >= 15 is 0 Å². The molecule has 1 aromatic rings. The minimum Gasteiger partial charge on any atom is -0.494 e. The normalized spacial score (nSPS) is 11.4. The van der Waals surface area contributed by atoms with Crippen LogP contribution in [0.4, 0.5) is 22.0 Å². The van der Waals surface area contributed by atoms with Gasteiger partial charge in [-0.05, 0) is 6.07 Å². The van der Waals surface area contributed by atoms with Gasteiger partial charge in [0, 0.05) is 0 Å². The van der Waals surface area contributed by atoms with E-state index in [9.17, 15) is 22.0 Å². The molecule has 0 aliphatic carbocycles. The Kier molecular flexibility index (Phi) is 4.06. The minimum absolute atomic E-state index is 0.374. The zero-order valence-corrected chi connectivity index (χ0v) is 9.05. The van der Waals surface area contributed by atoms with Crippen molar-refractivity contribution in [3.63, 3.8) is 0 Å². The lowest BCUT2D eigenvalue weighted by Gasteiger charge is -2.15. The van der Waals surface area contributed by atoms with Crippen LogP contribution in [0.1, 0.15) is 23.4 Å². The Morgan fingerprint density at radius 3 is 2.44 bits per heavy atom. The molecule has 0 bridgehead atoms. The molecular weight excluding hydrogens is 259 g/mol. The molecule has 0 radical (unpaired) electrons. The molecule has 0 aromatic carbocycles. The first-order valence-corrected chi connectivity index (χ1v) is 4.61. The summed E-state index contributed by atoms with van der Waals surface area (Å²) in [6.07, 6.45) is -8.57. The molecule has 1 aromatic heterocycles. The molecule has 0 amide bonds. The van der Waals surface area contributed by atoms with Gasteiger partial charge < -0.3 is 4.74 Å². The third-order valence-corrected chi connectivity index (χ3v) is 2.03. The second kappa shape index (κ2) is 5.16. The van der Waals surface area contributed by atoms with Crippen molar-refractivity contribution in [2.75, 3.05) is 7.11 Å². The largest absolute Gasteiger partial charge is 0.494 e. The lowest BCUT2D eigenvalue weighted by molar-refractivity contribution is -0.139. The summed E-state index contributed by atoms with van der Waals surface area (Å²) < 4.78 is 67.6. The van der Waals surface area contributed by atoms with Gasteiger partial charge in [-0.1, -0.05) is 0 Å². The van der Waals surface area contributed by atoms with Crippen molar-refractivity contribution in [3.05, 3.63) is 23.0 Å². The first-order valence-electron chi connectivity index (χ1n) is 4.61. The second-order valence-electron chi connectivity index (χ2n) is 3.21. The van der Waals surface area contributed by atoms with Crippen LogP contribution in [-0.4, -0.2) is 12.1 Å². The summed E-state index contributed by atoms with van der Waals surface area (Å²) in [5.41, 5.74) is -2.85. The number of hydrogen-bond acceptors (Lipinski definition) is 3. The van der Waals surface area contributed by atoms with E-state index in [1.165, 1.54) is 0 Å². The fraction of sp³-hybridized carbons (Fsp3) is 0.400. The highest BCUT2D eigenvalue weighted by molar-refractivity contribution is 5.42. The number of rotatable bonds is 3. The van der Waals surface area contributed by atoms with E-state index < -0.39 is 36.0 Å². The third kappa shape index (κ3) is 2.85. The smallest absolute Gasteiger partial charge is 0.420 e. The molecule has 0 saturated heterocycles. The summed E-state index contributed by atoms with van der Waals surface area (Å²) in [5.74, 6) is -1.01. The zero-order valence-electron chi connectivity index (χ0n) is 9.05. The topological polar surface area (TPSA) is 45.9 Å². The first kappa shape index (κ1) is 14.2. The lowest BCUT2D eigenvalue weighted by Crippen LogP contribution is -2.12. The van der Waals surface area contributed by atoms with E-state index in [0.717, 1.165) is 7.11 Å². The Bertz CT molecular complexity index is 478. The van der Waals surface area contributed by atoms with Gasteiger partial charge in [0.2, 0.25) is 0 Å². The Hall–Kier alpha value is -1.91. The highest BCUT2D eigenvalue weighted by Gasteiger charge is 2.37. The molecule has 3 nitrogen and oxygen atoms in total. The first-order chi connectivity index (χ1) is 8.31. The van der Waals surface area contributed by atoms with Crippen LogP contribution >= 0.6 is 0 Å². The van der Waals surface area contributed by atoms with Crippen LogP contribution in [0.5, 0.6) is 5.75 Å². The van der Waals surface area contributed by atoms with Gasteiger partial charge in [0.15, 0.2) is 5.75 Å². The Morgan fingerprint density at radius 1 is 1.44 bits per heavy atom. The van der Waals surface area contributed by atoms with Crippen molar-refractivity contribution in [3.8, 4) is 11.8 Å². The Balaban J connectivity index is 3.52. The van der Waals surface area contributed by atoms with Gasteiger partial charge in [-0.25, -0.2) is 13.8 Å². The summed E-state index contributed by atoms with van der Waals surface area (Å²) in [6, 6.07) is 2.09. The molecule has 1 rings (SSSR count). The zero-order chi connectivity index (χ0) is 13.9. The standard InChI is InChI=1S/C10H7F5N2O/c1-18-8-6(10(13,14)15)4-5(2-3-16)17-7(8)9(11)12/h4,9H,2H2,1H3. The van der Waals surface area contributed by atoms with Crippen LogP contribution < -0.4 is 4.74 Å². The second-order valence-corrected chi connectivity index (χ2v) is 3.21. The van der Waals surface area contributed by atoms with E-state index in [2.05, 4.69) is 9.72 Å². The lowest BCUT2D eigenvalue weighted by atomic mass is 10.1. The quantitative estimate of drug-likeness (QED) is 0.789. The van der Waals surface area contributed by atoms with Crippen molar-refractivity contribution in [2.24, 2.45) is 0 Å². The fourth-order valence-corrected chi connectivity index (χ4v) is 1.35. The molecule has 0 aliphatic heterocycles. The number of methoxy groups -OCH3 is 1. The van der Waals surface area contributed by atoms with Gasteiger partial charge in [0.1, 0.15) is 11.3 Å². The molecule has 1 heterocycles. The maximum atomic E-state index is 12.7. The molecule has 0 spiro atoms. The predicted octanol–water partition coefficient (Wildman–Crippen LogP) is 3.11. The molecule has 0 aliphatic rings. The van der Waals surface area contributed by atoms with Crippen molar-refractivity contribution < 1.29 is 26.7 Å². The van der Waals surface area contributed by atoms with Crippen LogP contribution in [0.2, 0.25) is 0 Å². The molecular formula is C10H7F5N2O. The molecule has 0 N–H and O–H groups in total. The number of aromatic nitrogens is 1. The van der Waals surface area contributed by atoms with Crippen LogP contribution in [0, 0.1) is 11.3 Å². The molecule has 18 heavy (non-hydrogen) atoms. The SMILES string of the molecule is COc1c(C(F)(F)F)cc(CC#N)nc1C(F)F. The van der Waals surface area contributed by atoms with E-state index in [-0.39, 0.29) is 5.69 Å². The van der Waals surface area contributed by atoms with Crippen LogP contribution in [0.3, 0.4) is 0 Å². The van der Waals surface area contributed by atoms with Crippen LogP contribution in [-0.2, 0) is 12.6 Å². The number of halogens is 5. The average molecular weight is 266 g/mol. The van der Waals surface area contributed by atoms with Gasteiger partial charge in [-0.3, -0.25) is 0 Å². The molecule has 0 saturated carbocycles. The third-order valence-electron chi connectivity index (χ3n) is 2.03. The van der Waals surface area contributed by atoms with E-state index in [0.29, 0.717) is 6.07 Å². The molecule has 8 heteroatoms. The van der Waals surface area contributed by atoms with Crippen molar-refractivity contribution in [2.45, 2.75) is 19.0 Å². The monoisotopic (exact) mass is 266 g/mol. The number of hydrogen-bond donors (Lipinski definition) is 0. The molecule has 0 unspecified atom stereocenters. The summed E-state index contributed by atoms with van der Waals surface area (Å²) in [5, 5.41) is 8.38. The van der Waals surface area contributed by atoms with Crippen molar-refractivity contribution in [1.29, 1.82) is 5.26 Å². The summed E-state index contributed by atoms with van der Waals surface area (Å²) >= 11 is 0. The van der Waals surface area contributed by atoms with E-state index in [4.69, 9.17) is 5.26 Å². The highest BCUT2D eigenvalue weighted by atomic mass is 19.4.